The molecule has 0 spiro atoms. The van der Waals surface area contributed by atoms with Crippen molar-refractivity contribution in [2.75, 3.05) is 0 Å². The van der Waals surface area contributed by atoms with Crippen LogP contribution in [0.1, 0.15) is 5.56 Å². The predicted molar refractivity (Wildman–Crippen MR) is 71.3 cm³/mol. The fourth-order valence-electron chi connectivity index (χ4n) is 1.71. The van der Waals surface area contributed by atoms with Crippen molar-refractivity contribution in [3.05, 3.63) is 68.3 Å². The van der Waals surface area contributed by atoms with E-state index >= 15 is 0 Å². The van der Waals surface area contributed by atoms with Gasteiger partial charge in [0.2, 0.25) is 5.75 Å². The lowest BCUT2D eigenvalue weighted by molar-refractivity contribution is -0.386. The second-order valence-electron chi connectivity index (χ2n) is 4.29. The molecule has 0 bridgehead atoms. The first-order valence-corrected chi connectivity index (χ1v) is 5.96. The number of hydrogen-bond donors (Lipinski definition) is 0. The number of ether oxygens (including phenoxy) is 1. The number of alkyl halides is 3. The van der Waals surface area contributed by atoms with Crippen molar-refractivity contribution in [2.24, 2.45) is 0 Å². The summed E-state index contributed by atoms with van der Waals surface area (Å²) < 4.78 is 42.9. The van der Waals surface area contributed by atoms with Crippen LogP contribution >= 0.6 is 0 Å². The Bertz CT molecular complexity index is 776. The zero-order chi connectivity index (χ0) is 17.2. The van der Waals surface area contributed by atoms with Gasteiger partial charge in [-0.1, -0.05) is 6.07 Å². The van der Waals surface area contributed by atoms with Gasteiger partial charge in [0.15, 0.2) is 0 Å². The van der Waals surface area contributed by atoms with E-state index in [1.807, 2.05) is 0 Å². The Hall–Kier alpha value is -3.17. The third-order valence-corrected chi connectivity index (χ3v) is 2.74. The number of nitrogens with zero attached hydrogens (tertiary/aromatic N) is 2. The summed E-state index contributed by atoms with van der Waals surface area (Å²) in [6.45, 7) is 0. The molecule has 0 aromatic heterocycles. The molecular formula is C13H7F3N2O5. The summed E-state index contributed by atoms with van der Waals surface area (Å²) in [6.07, 6.45) is -4.74. The number of non-ortho nitro benzene ring substituents is 1. The molecule has 0 fully saturated rings. The van der Waals surface area contributed by atoms with Gasteiger partial charge < -0.3 is 4.74 Å². The van der Waals surface area contributed by atoms with Gasteiger partial charge in [0.1, 0.15) is 5.75 Å². The van der Waals surface area contributed by atoms with Crippen molar-refractivity contribution in [2.45, 2.75) is 6.18 Å². The first kappa shape index (κ1) is 16.2. The molecule has 10 heteroatoms. The third kappa shape index (κ3) is 3.73. The minimum absolute atomic E-state index is 0.109. The van der Waals surface area contributed by atoms with Crippen molar-refractivity contribution in [1.82, 2.24) is 0 Å². The Morgan fingerprint density at radius 2 is 1.65 bits per heavy atom. The molecular weight excluding hydrogens is 321 g/mol. The highest BCUT2D eigenvalue weighted by molar-refractivity contribution is 5.52. The van der Waals surface area contributed by atoms with E-state index in [4.69, 9.17) is 4.74 Å². The van der Waals surface area contributed by atoms with Crippen LogP contribution in [0.5, 0.6) is 11.5 Å². The molecule has 0 saturated carbocycles. The van der Waals surface area contributed by atoms with E-state index < -0.39 is 33.0 Å². The van der Waals surface area contributed by atoms with Crippen molar-refractivity contribution in [3.63, 3.8) is 0 Å². The van der Waals surface area contributed by atoms with Crippen LogP contribution in [0.3, 0.4) is 0 Å². The molecule has 7 nitrogen and oxygen atoms in total. The normalized spacial score (nSPS) is 11.1. The van der Waals surface area contributed by atoms with Gasteiger partial charge in [-0.05, 0) is 18.2 Å². The van der Waals surface area contributed by atoms with Crippen LogP contribution in [0, 0.1) is 20.2 Å². The molecule has 0 aliphatic rings. The fraction of sp³-hybridized carbons (Fsp3) is 0.0769. The van der Waals surface area contributed by atoms with E-state index in [-0.39, 0.29) is 11.4 Å². The number of rotatable bonds is 4. The van der Waals surface area contributed by atoms with Crippen molar-refractivity contribution in [3.8, 4) is 11.5 Å². The number of benzene rings is 2. The standard InChI is InChI=1S/C13H7F3N2O5/c14-13(15,16)8-4-5-12(11(6-8)18(21)22)23-10-3-1-2-9(7-10)17(19)20/h1-7H. The van der Waals surface area contributed by atoms with E-state index in [0.717, 1.165) is 12.1 Å². The molecule has 0 unspecified atom stereocenters. The molecule has 23 heavy (non-hydrogen) atoms. The van der Waals surface area contributed by atoms with Crippen LogP contribution in [0.2, 0.25) is 0 Å². The zero-order valence-electron chi connectivity index (χ0n) is 11.1. The molecule has 0 saturated heterocycles. The van der Waals surface area contributed by atoms with Gasteiger partial charge in [0, 0.05) is 12.1 Å². The molecule has 120 valence electrons. The minimum Gasteiger partial charge on any atom is -0.450 e. The topological polar surface area (TPSA) is 95.5 Å². The lowest BCUT2D eigenvalue weighted by Gasteiger charge is -2.09. The molecule has 0 aliphatic heterocycles. The van der Waals surface area contributed by atoms with Crippen LogP contribution in [0.4, 0.5) is 24.5 Å². The van der Waals surface area contributed by atoms with E-state index in [9.17, 15) is 33.4 Å². The molecule has 0 atom stereocenters. The maximum atomic E-state index is 12.6. The average molecular weight is 328 g/mol. The lowest BCUT2D eigenvalue weighted by atomic mass is 10.2. The average Bonchev–Trinajstić information content (AvgIpc) is 2.46. The fourth-order valence-corrected chi connectivity index (χ4v) is 1.71. The van der Waals surface area contributed by atoms with Gasteiger partial charge in [0.05, 0.1) is 21.5 Å². The third-order valence-electron chi connectivity index (χ3n) is 2.74. The summed E-state index contributed by atoms with van der Waals surface area (Å²) in [6, 6.07) is 6.50. The number of nitro benzene ring substituents is 2. The lowest BCUT2D eigenvalue weighted by Crippen LogP contribution is -2.06. The number of halogens is 3. The number of nitro groups is 2. The summed E-state index contributed by atoms with van der Waals surface area (Å²) in [5.41, 5.74) is -2.42. The smallest absolute Gasteiger partial charge is 0.416 e. The van der Waals surface area contributed by atoms with Crippen LogP contribution in [-0.4, -0.2) is 9.85 Å². The highest BCUT2D eigenvalue weighted by Gasteiger charge is 2.33. The first-order chi connectivity index (χ1) is 10.7. The molecule has 0 N–H and O–H groups in total. The Balaban J connectivity index is 2.42. The monoisotopic (exact) mass is 328 g/mol. The van der Waals surface area contributed by atoms with Gasteiger partial charge in [-0.3, -0.25) is 20.2 Å². The SMILES string of the molecule is O=[N+]([O-])c1cccc(Oc2ccc(C(F)(F)F)cc2[N+](=O)[O-])c1. The maximum Gasteiger partial charge on any atom is 0.416 e. The molecule has 0 aliphatic carbocycles. The molecule has 0 heterocycles. The number of hydrogen-bond acceptors (Lipinski definition) is 5. The van der Waals surface area contributed by atoms with E-state index in [0.29, 0.717) is 12.1 Å². The Labute approximate surface area is 126 Å². The van der Waals surface area contributed by atoms with Gasteiger partial charge in [-0.2, -0.15) is 13.2 Å². The summed E-state index contributed by atoms with van der Waals surface area (Å²) >= 11 is 0. The van der Waals surface area contributed by atoms with Gasteiger partial charge in [0.25, 0.3) is 5.69 Å². The van der Waals surface area contributed by atoms with Crippen LogP contribution in [-0.2, 0) is 6.18 Å². The molecule has 2 aromatic carbocycles. The summed E-state index contributed by atoms with van der Waals surface area (Å²) in [7, 11) is 0. The molecule has 2 rings (SSSR count). The Morgan fingerprint density at radius 1 is 0.957 bits per heavy atom. The van der Waals surface area contributed by atoms with E-state index in [2.05, 4.69) is 0 Å². The zero-order valence-corrected chi connectivity index (χ0v) is 11.1. The maximum absolute atomic E-state index is 12.6. The minimum atomic E-state index is -4.74. The van der Waals surface area contributed by atoms with Crippen molar-refractivity contribution < 1.29 is 27.8 Å². The van der Waals surface area contributed by atoms with Gasteiger partial charge in [-0.25, -0.2) is 0 Å². The van der Waals surface area contributed by atoms with Crippen molar-refractivity contribution in [1.29, 1.82) is 0 Å². The van der Waals surface area contributed by atoms with E-state index in [1.54, 1.807) is 0 Å². The molecule has 0 amide bonds. The van der Waals surface area contributed by atoms with Crippen LogP contribution in [0.25, 0.3) is 0 Å². The Kier molecular flexibility index (Phi) is 4.16. The predicted octanol–water partition coefficient (Wildman–Crippen LogP) is 4.31. The highest BCUT2D eigenvalue weighted by atomic mass is 19.4. The first-order valence-electron chi connectivity index (χ1n) is 5.96. The summed E-state index contributed by atoms with van der Waals surface area (Å²) in [4.78, 5) is 19.8. The summed E-state index contributed by atoms with van der Waals surface area (Å²) in [5, 5.41) is 21.6. The van der Waals surface area contributed by atoms with Crippen LogP contribution < -0.4 is 4.74 Å². The quantitative estimate of drug-likeness (QED) is 0.615. The second-order valence-corrected chi connectivity index (χ2v) is 4.29. The van der Waals surface area contributed by atoms with E-state index in [1.165, 1.54) is 18.2 Å². The second kappa shape index (κ2) is 5.91. The summed E-state index contributed by atoms with van der Waals surface area (Å²) in [5.74, 6) is -0.564. The molecule has 0 radical (unpaired) electrons. The van der Waals surface area contributed by atoms with Crippen molar-refractivity contribution >= 4 is 11.4 Å². The van der Waals surface area contributed by atoms with Gasteiger partial charge >= 0.3 is 11.9 Å². The highest BCUT2D eigenvalue weighted by Crippen LogP contribution is 2.38. The Morgan fingerprint density at radius 3 is 2.22 bits per heavy atom. The van der Waals surface area contributed by atoms with Crippen LogP contribution in [0.15, 0.2) is 42.5 Å². The molecule has 2 aromatic rings. The largest absolute Gasteiger partial charge is 0.450 e. The van der Waals surface area contributed by atoms with Gasteiger partial charge in [-0.15, -0.1) is 0 Å².